The van der Waals surface area contributed by atoms with Gasteiger partial charge in [0, 0.05) is 91.0 Å². The molecular formula is C68H99N9O27P3S6+. The number of carbonyl (C=O) groups excluding carboxylic acids is 3. The van der Waals surface area contributed by atoms with Gasteiger partial charge in [0.15, 0.2) is 11.4 Å². The molecule has 3 aliphatic rings. The number of phosphoric ester groups is 1. The Morgan fingerprint density at radius 2 is 1.46 bits per heavy atom. The van der Waals surface area contributed by atoms with E-state index in [-0.39, 0.29) is 108 Å². The molecular weight excluding hydrogens is 1660 g/mol. The number of aromatic amines is 1. The fourth-order valence-electron chi connectivity index (χ4n) is 12.4. The third kappa shape index (κ3) is 28.6. The van der Waals surface area contributed by atoms with Gasteiger partial charge in [-0.3, -0.25) is 28.2 Å². The van der Waals surface area contributed by atoms with Gasteiger partial charge in [-0.05, 0) is 122 Å². The molecule has 4 aromatic rings. The summed E-state index contributed by atoms with van der Waals surface area (Å²) in [6.45, 7) is 18.1. The number of ether oxygens (including phenoxy) is 7. The molecule has 628 valence electrons. The number of hydrogen-bond acceptors (Lipinski definition) is 28. The lowest BCUT2D eigenvalue weighted by Crippen LogP contribution is -2.31. The fourth-order valence-corrected chi connectivity index (χ4v) is 19.5. The summed E-state index contributed by atoms with van der Waals surface area (Å²) in [6, 6.07) is 9.22. The minimum Gasteiger partial charge on any atom is -0.450 e. The number of unbranched alkanes of at least 4 members (excludes halogenated alkanes) is 3. The maximum atomic E-state index is 13.3. The number of allylic oxidation sites excluding steroid dienone is 6. The second-order valence-electron chi connectivity index (χ2n) is 27.4. The van der Waals surface area contributed by atoms with Gasteiger partial charge in [0.25, 0.3) is 25.8 Å². The molecule has 3 aliphatic heterocycles. The Kier molecular flexibility index (Phi) is 35.2. The van der Waals surface area contributed by atoms with Gasteiger partial charge in [-0.2, -0.15) is 35.0 Å². The summed E-state index contributed by atoms with van der Waals surface area (Å²) in [6.07, 6.45) is 13.5. The number of phosphoric acid groups is 3. The van der Waals surface area contributed by atoms with Crippen molar-refractivity contribution in [1.29, 1.82) is 0 Å². The second-order valence-corrected chi connectivity index (χ2v) is 40.1. The van der Waals surface area contributed by atoms with Crippen molar-refractivity contribution in [2.75, 3.05) is 114 Å². The Balaban J connectivity index is 0.706. The van der Waals surface area contributed by atoms with Crippen LogP contribution >= 0.6 is 66.6 Å². The van der Waals surface area contributed by atoms with Crippen LogP contribution in [0.25, 0.3) is 11.0 Å². The molecule has 0 spiro atoms. The number of carbonyl (C=O) groups is 3. The van der Waals surface area contributed by atoms with E-state index in [9.17, 15) is 68.6 Å². The Labute approximate surface area is 671 Å². The smallest absolute Gasteiger partial charge is 0.450 e. The number of nitrogens with one attached hydrogen (secondary N) is 4. The molecule has 3 amide bonds. The van der Waals surface area contributed by atoms with Crippen molar-refractivity contribution in [3.05, 3.63) is 106 Å². The first-order valence-corrected chi connectivity index (χ1v) is 47.9. The quantitative estimate of drug-likeness (QED) is 0.00286. The standard InChI is InChI=1S/C68H98N9O27P3S6/c1-10-75-52-26-24-48(112(89,90)91)40-50(52)66(4,5)56(75)21-13-11-14-22-57-67(6,7)51-41-49(113(92,93)94)25-27-53(51)76(57)32-16-12-15-23-58(78)70-30-36-95-38-39-96-37-31-72-64(81)99-35-28-65(2,3)111-110-45-97-33-17-18-34-98-63(80)71-29-19-20-47-43-77(60-59(47)61(79)74-62(69)73-60)68(8)42-54(100-46-109-108-9)55(102-68)44-101-106(85,86)104-107(87,88)103-105(82,83)84/h11,13-14,21-22,24-27,40-41,43,54-55H,10,12,15-18,23,28-39,42,44-46H2,1-9H3,(H11-,69,70,71,72,73,74,78,79,80,81,82,83,84,85,86,87,88,89,90,91,92,93,94)/p+1/t54-,55+,68+/m0/s1. The summed E-state index contributed by atoms with van der Waals surface area (Å²) >= 11 is 0. The number of rotatable bonds is 46. The molecule has 0 bridgehead atoms. The average molecular weight is 1760 g/mol. The highest BCUT2D eigenvalue weighted by Crippen LogP contribution is 2.66. The summed E-state index contributed by atoms with van der Waals surface area (Å²) in [7, 11) is -20.1. The van der Waals surface area contributed by atoms with Crippen LogP contribution in [0.1, 0.15) is 123 Å². The largest absolute Gasteiger partial charge is 0.490 e. The number of likely N-dealkylation sites (N-methyl/N-ethyl adjacent to an activating group) is 1. The summed E-state index contributed by atoms with van der Waals surface area (Å²) in [5.41, 5.74) is 7.79. The van der Waals surface area contributed by atoms with Crippen molar-refractivity contribution in [3.8, 4) is 11.8 Å². The van der Waals surface area contributed by atoms with E-state index in [4.69, 9.17) is 53.2 Å². The van der Waals surface area contributed by atoms with E-state index in [0.717, 1.165) is 46.8 Å². The van der Waals surface area contributed by atoms with Gasteiger partial charge in [0.2, 0.25) is 17.5 Å². The van der Waals surface area contributed by atoms with E-state index in [1.54, 1.807) is 36.1 Å². The molecule has 1 saturated heterocycles. The van der Waals surface area contributed by atoms with Crippen LogP contribution in [0.2, 0.25) is 0 Å². The van der Waals surface area contributed by atoms with Crippen molar-refractivity contribution < 1.29 is 124 Å². The molecule has 45 heteroatoms. The minimum atomic E-state index is -5.81. The first kappa shape index (κ1) is 94.5. The number of anilines is 2. The number of nitrogens with two attached hydrogens (primary N) is 1. The van der Waals surface area contributed by atoms with E-state index in [1.807, 2.05) is 78.8 Å². The number of nitrogen functional groups attached to an aromatic ring is 1. The Morgan fingerprint density at radius 1 is 0.796 bits per heavy atom. The highest BCUT2D eigenvalue weighted by Gasteiger charge is 2.50. The van der Waals surface area contributed by atoms with Crippen LogP contribution in [0.4, 0.5) is 26.9 Å². The number of hydrogen-bond donors (Lipinski definition) is 11. The average Bonchev–Trinajstić information content (AvgIpc) is 1.60. The van der Waals surface area contributed by atoms with E-state index in [0.29, 0.717) is 64.3 Å². The van der Waals surface area contributed by atoms with Gasteiger partial charge < -0.3 is 83.9 Å². The number of benzene rings is 2. The van der Waals surface area contributed by atoms with Crippen LogP contribution < -0.4 is 32.1 Å². The van der Waals surface area contributed by atoms with Crippen molar-refractivity contribution >= 4 is 139 Å². The van der Waals surface area contributed by atoms with Crippen molar-refractivity contribution in [1.82, 2.24) is 30.5 Å². The normalized spacial score (nSPS) is 19.0. The van der Waals surface area contributed by atoms with Crippen molar-refractivity contribution in [3.63, 3.8) is 0 Å². The molecule has 2 aromatic carbocycles. The van der Waals surface area contributed by atoms with Crippen molar-refractivity contribution in [2.45, 2.75) is 150 Å². The van der Waals surface area contributed by atoms with Crippen LogP contribution in [0.3, 0.4) is 0 Å². The SMILES string of the molecule is CCN1\C(=C/C=C/C=C/C2=[N+](CCCCCC(=O)NCCOCCOCCNC(=O)OCCC(C)(C)SSCOCCCCOC(=O)NCC#Cc3cn([C@@]4(C)C[C@H](OCSSC)[C@@H](COP(=O)(O)OP(=O)(O)OP(=O)(O)O)O4)c4nc(N)[nH]c(=O)c34)c3ccc(S(=O)(=O)O)cc3C2(C)C)C(C)(C)c2cc(S(=O)(=O)O)ccc21. The zero-order valence-electron chi connectivity index (χ0n) is 63.8. The third-order valence-electron chi connectivity index (χ3n) is 17.8. The highest BCUT2D eigenvalue weighted by molar-refractivity contribution is 8.77. The number of nitrogens with zero attached hydrogens (tertiary/aromatic N) is 4. The summed E-state index contributed by atoms with van der Waals surface area (Å²) in [5, 5.41) is 8.07. The Morgan fingerprint density at radius 3 is 2.14 bits per heavy atom. The second kappa shape index (κ2) is 42.1. The number of H-pyrrole nitrogens is 1. The lowest BCUT2D eigenvalue weighted by molar-refractivity contribution is -0.438. The number of fused-ring (bicyclic) bond motifs is 3. The molecule has 1 fully saturated rings. The first-order chi connectivity index (χ1) is 53.0. The monoisotopic (exact) mass is 1760 g/mol. The number of alkyl carbamates (subject to hydrolysis) is 2. The van der Waals surface area contributed by atoms with Gasteiger partial charge in [0.1, 0.15) is 30.3 Å². The zero-order chi connectivity index (χ0) is 83.2. The molecule has 113 heavy (non-hydrogen) atoms. The Bertz CT molecular complexity index is 4660. The lowest BCUT2D eigenvalue weighted by atomic mass is 9.81. The van der Waals surface area contributed by atoms with Gasteiger partial charge in [-0.1, -0.05) is 87.1 Å². The van der Waals surface area contributed by atoms with Crippen LogP contribution in [0.5, 0.6) is 0 Å². The predicted octanol–water partition coefficient (Wildman–Crippen LogP) is 9.67. The molecule has 5 atom stereocenters. The predicted molar refractivity (Wildman–Crippen MR) is 429 cm³/mol. The number of aromatic nitrogens is 3. The van der Waals surface area contributed by atoms with Gasteiger partial charge >= 0.3 is 35.7 Å². The topological polar surface area (TPSA) is 503 Å². The third-order valence-corrected chi connectivity index (χ3v) is 27.8. The van der Waals surface area contributed by atoms with Crippen LogP contribution in [-0.4, -0.2) is 209 Å². The van der Waals surface area contributed by atoms with E-state index < -0.39 is 96.8 Å². The Hall–Kier alpha value is -5.65. The molecule has 0 saturated carbocycles. The molecule has 2 unspecified atom stereocenters. The van der Waals surface area contributed by atoms with Gasteiger partial charge in [-0.15, -0.1) is 0 Å². The fraction of sp³-hybridized carbons (Fsp3) is 0.559. The molecule has 0 aliphatic carbocycles. The highest BCUT2D eigenvalue weighted by atomic mass is 33.1. The van der Waals surface area contributed by atoms with Gasteiger partial charge in [-0.25, -0.2) is 23.3 Å². The molecule has 2 aromatic heterocycles. The van der Waals surface area contributed by atoms with Gasteiger partial charge in [0.05, 0.1) is 85.1 Å². The summed E-state index contributed by atoms with van der Waals surface area (Å²) in [5.74, 6) is 5.73. The van der Waals surface area contributed by atoms with E-state index in [2.05, 4.69) is 55.9 Å². The lowest BCUT2D eigenvalue weighted by Gasteiger charge is -2.27. The first-order valence-electron chi connectivity index (χ1n) is 35.5. The summed E-state index contributed by atoms with van der Waals surface area (Å²) < 4.78 is 159. The van der Waals surface area contributed by atoms with E-state index in [1.165, 1.54) is 67.4 Å². The molecule has 36 nitrogen and oxygen atoms in total. The minimum absolute atomic E-state index is 0.000895. The summed E-state index contributed by atoms with van der Waals surface area (Å²) in [4.78, 5) is 96.8. The maximum Gasteiger partial charge on any atom is 0.490 e. The molecule has 12 N–H and O–H groups in total. The van der Waals surface area contributed by atoms with Crippen LogP contribution in [-0.2, 0) is 102 Å². The molecule has 0 radical (unpaired) electrons. The van der Waals surface area contributed by atoms with E-state index >= 15 is 0 Å². The zero-order valence-corrected chi connectivity index (χ0v) is 71.3. The molecule has 7 rings (SSSR count). The molecule has 5 heterocycles. The van der Waals surface area contributed by atoms with Crippen LogP contribution in [0, 0.1) is 11.8 Å². The number of amides is 3. The van der Waals surface area contributed by atoms with Crippen molar-refractivity contribution in [2.24, 2.45) is 0 Å². The maximum absolute atomic E-state index is 13.3. The van der Waals surface area contributed by atoms with Crippen LogP contribution in [0.15, 0.2) is 93.3 Å².